The Morgan fingerprint density at radius 3 is 1.78 bits per heavy atom. The third-order valence-electron chi connectivity index (χ3n) is 3.76. The highest BCUT2D eigenvalue weighted by molar-refractivity contribution is 8.01. The molecule has 0 spiro atoms. The van der Waals surface area contributed by atoms with Crippen molar-refractivity contribution in [1.29, 1.82) is 0 Å². The number of hydrogen-bond acceptors (Lipinski definition) is 4. The number of carbonyl (C=O) groups excluding carboxylic acids is 2. The van der Waals surface area contributed by atoms with E-state index in [0.29, 0.717) is 31.9 Å². The topological polar surface area (TPSA) is 66.6 Å². The Balaban J connectivity index is 3.12. The molecular formula is C17H27N3O2S. The van der Waals surface area contributed by atoms with E-state index in [-0.39, 0.29) is 11.8 Å². The maximum absolute atomic E-state index is 12.8. The number of thioether (sulfide) groups is 1. The maximum Gasteiger partial charge on any atom is 0.245 e. The average molecular weight is 337 g/mol. The van der Waals surface area contributed by atoms with Gasteiger partial charge in [0, 0.05) is 36.8 Å². The summed E-state index contributed by atoms with van der Waals surface area (Å²) in [6.07, 6.45) is 0. The van der Waals surface area contributed by atoms with E-state index in [0.717, 1.165) is 4.90 Å². The number of nitrogen functional groups attached to an aromatic ring is 1. The lowest BCUT2D eigenvalue weighted by molar-refractivity contribution is -0.139. The van der Waals surface area contributed by atoms with E-state index in [4.69, 9.17) is 5.73 Å². The molecule has 0 saturated heterocycles. The summed E-state index contributed by atoms with van der Waals surface area (Å²) < 4.78 is 0. The minimum absolute atomic E-state index is 0.153. The molecule has 23 heavy (non-hydrogen) atoms. The fraction of sp³-hybridized carbons (Fsp3) is 0.529. The Bertz CT molecular complexity index is 504. The van der Waals surface area contributed by atoms with Gasteiger partial charge in [0.2, 0.25) is 11.8 Å². The predicted molar refractivity (Wildman–Crippen MR) is 96.4 cm³/mol. The second-order valence-corrected chi connectivity index (χ2v) is 6.20. The van der Waals surface area contributed by atoms with Gasteiger partial charge in [0.25, 0.3) is 0 Å². The van der Waals surface area contributed by atoms with Crippen LogP contribution in [-0.4, -0.2) is 53.0 Å². The fourth-order valence-corrected chi connectivity index (χ4v) is 3.44. The van der Waals surface area contributed by atoms with Crippen LogP contribution in [0, 0.1) is 0 Å². The van der Waals surface area contributed by atoms with Crippen molar-refractivity contribution in [1.82, 2.24) is 9.80 Å². The first kappa shape index (κ1) is 19.4. The fourth-order valence-electron chi connectivity index (χ4n) is 2.32. The zero-order chi connectivity index (χ0) is 17.4. The van der Waals surface area contributed by atoms with Gasteiger partial charge in [-0.15, -0.1) is 11.8 Å². The van der Waals surface area contributed by atoms with Gasteiger partial charge in [-0.05, 0) is 39.8 Å². The Hall–Kier alpha value is -1.69. The quantitative estimate of drug-likeness (QED) is 0.449. The molecule has 1 aromatic carbocycles. The van der Waals surface area contributed by atoms with Gasteiger partial charge in [-0.3, -0.25) is 9.59 Å². The number of amides is 2. The van der Waals surface area contributed by atoms with Crippen molar-refractivity contribution in [2.45, 2.75) is 37.8 Å². The lowest BCUT2D eigenvalue weighted by Gasteiger charge is -2.28. The Kier molecular flexibility index (Phi) is 7.95. The Morgan fingerprint density at radius 1 is 0.957 bits per heavy atom. The summed E-state index contributed by atoms with van der Waals surface area (Å²) >= 11 is 1.24. The van der Waals surface area contributed by atoms with Crippen LogP contribution in [0.3, 0.4) is 0 Å². The minimum Gasteiger partial charge on any atom is -0.398 e. The van der Waals surface area contributed by atoms with Crippen LogP contribution in [0.25, 0.3) is 0 Å². The van der Waals surface area contributed by atoms with Gasteiger partial charge in [-0.1, -0.05) is 12.1 Å². The van der Waals surface area contributed by atoms with Gasteiger partial charge in [-0.25, -0.2) is 0 Å². The lowest BCUT2D eigenvalue weighted by Crippen LogP contribution is -2.47. The molecule has 0 saturated carbocycles. The number of rotatable bonds is 8. The number of carbonyl (C=O) groups is 2. The Morgan fingerprint density at radius 2 is 1.39 bits per heavy atom. The SMILES string of the molecule is CCN(CC)C(=O)C(Sc1ccccc1N)C(=O)N(CC)CC. The Labute approximate surface area is 143 Å². The molecule has 0 aliphatic heterocycles. The molecule has 5 nitrogen and oxygen atoms in total. The largest absolute Gasteiger partial charge is 0.398 e. The van der Waals surface area contributed by atoms with E-state index in [1.54, 1.807) is 15.9 Å². The summed E-state index contributed by atoms with van der Waals surface area (Å²) in [4.78, 5) is 29.8. The van der Waals surface area contributed by atoms with E-state index >= 15 is 0 Å². The third-order valence-corrected chi connectivity index (χ3v) is 5.03. The normalized spacial score (nSPS) is 10.7. The van der Waals surface area contributed by atoms with E-state index in [1.807, 2.05) is 45.9 Å². The van der Waals surface area contributed by atoms with Crippen molar-refractivity contribution < 1.29 is 9.59 Å². The molecule has 0 atom stereocenters. The van der Waals surface area contributed by atoms with Crippen molar-refractivity contribution in [3.05, 3.63) is 24.3 Å². The molecule has 0 radical (unpaired) electrons. The summed E-state index contributed by atoms with van der Waals surface area (Å²) in [5, 5.41) is -0.792. The molecule has 2 N–H and O–H groups in total. The van der Waals surface area contributed by atoms with Crippen molar-refractivity contribution in [2.24, 2.45) is 0 Å². The summed E-state index contributed by atoms with van der Waals surface area (Å²) in [6.45, 7) is 10.0. The molecule has 2 amide bonds. The number of anilines is 1. The second-order valence-electron chi connectivity index (χ2n) is 5.06. The highest BCUT2D eigenvalue weighted by atomic mass is 32.2. The molecule has 0 aliphatic rings. The predicted octanol–water partition coefficient (Wildman–Crippen LogP) is 2.47. The van der Waals surface area contributed by atoms with Crippen LogP contribution in [-0.2, 0) is 9.59 Å². The number of para-hydroxylation sites is 1. The number of benzene rings is 1. The zero-order valence-electron chi connectivity index (χ0n) is 14.4. The summed E-state index contributed by atoms with van der Waals surface area (Å²) in [6, 6.07) is 7.33. The first-order valence-corrected chi connectivity index (χ1v) is 8.96. The van der Waals surface area contributed by atoms with Crippen LogP contribution in [0.5, 0.6) is 0 Å². The van der Waals surface area contributed by atoms with Crippen LogP contribution in [0.15, 0.2) is 29.2 Å². The monoisotopic (exact) mass is 337 g/mol. The van der Waals surface area contributed by atoms with Crippen LogP contribution >= 0.6 is 11.8 Å². The summed E-state index contributed by atoms with van der Waals surface area (Å²) in [5.41, 5.74) is 6.57. The van der Waals surface area contributed by atoms with Crippen molar-refractivity contribution in [2.75, 3.05) is 31.9 Å². The number of nitrogens with zero attached hydrogens (tertiary/aromatic N) is 2. The van der Waals surface area contributed by atoms with Crippen molar-refractivity contribution >= 4 is 29.3 Å². The minimum atomic E-state index is -0.792. The first-order valence-electron chi connectivity index (χ1n) is 8.08. The van der Waals surface area contributed by atoms with Crippen molar-refractivity contribution in [3.63, 3.8) is 0 Å². The van der Waals surface area contributed by atoms with Crippen LogP contribution in [0.1, 0.15) is 27.7 Å². The molecule has 1 rings (SSSR count). The molecule has 0 aromatic heterocycles. The second kappa shape index (κ2) is 9.45. The van der Waals surface area contributed by atoms with E-state index in [2.05, 4.69) is 0 Å². The van der Waals surface area contributed by atoms with E-state index < -0.39 is 5.25 Å². The first-order chi connectivity index (χ1) is 11.0. The number of hydrogen-bond donors (Lipinski definition) is 1. The third kappa shape index (κ3) is 4.89. The van der Waals surface area contributed by atoms with Crippen LogP contribution < -0.4 is 5.73 Å². The van der Waals surface area contributed by atoms with E-state index in [9.17, 15) is 9.59 Å². The highest BCUT2D eigenvalue weighted by Crippen LogP contribution is 2.30. The van der Waals surface area contributed by atoms with Crippen molar-refractivity contribution in [3.8, 4) is 0 Å². The maximum atomic E-state index is 12.8. The molecule has 0 fully saturated rings. The summed E-state index contributed by atoms with van der Waals surface area (Å²) in [5.74, 6) is -0.305. The van der Waals surface area contributed by atoms with Crippen LogP contribution in [0.2, 0.25) is 0 Å². The molecule has 0 unspecified atom stereocenters. The summed E-state index contributed by atoms with van der Waals surface area (Å²) in [7, 11) is 0. The van der Waals surface area contributed by atoms with Crippen LogP contribution in [0.4, 0.5) is 5.69 Å². The molecule has 128 valence electrons. The van der Waals surface area contributed by atoms with Gasteiger partial charge < -0.3 is 15.5 Å². The van der Waals surface area contributed by atoms with Gasteiger partial charge in [0.1, 0.15) is 0 Å². The molecule has 6 heteroatoms. The van der Waals surface area contributed by atoms with Gasteiger partial charge >= 0.3 is 0 Å². The number of nitrogens with two attached hydrogens (primary N) is 1. The molecular weight excluding hydrogens is 310 g/mol. The van der Waals surface area contributed by atoms with Gasteiger partial charge in [0.15, 0.2) is 5.25 Å². The smallest absolute Gasteiger partial charge is 0.245 e. The molecule has 0 heterocycles. The molecule has 0 bridgehead atoms. The lowest BCUT2D eigenvalue weighted by atomic mass is 10.3. The van der Waals surface area contributed by atoms with Gasteiger partial charge in [0.05, 0.1) is 0 Å². The average Bonchev–Trinajstić information content (AvgIpc) is 2.56. The van der Waals surface area contributed by atoms with E-state index in [1.165, 1.54) is 11.8 Å². The zero-order valence-corrected chi connectivity index (χ0v) is 15.2. The standard InChI is InChI=1S/C17H27N3O2S/c1-5-19(6-2)16(21)15(17(22)20(7-3)8-4)23-14-12-10-9-11-13(14)18/h9-12,15H,5-8,18H2,1-4H3. The highest BCUT2D eigenvalue weighted by Gasteiger charge is 2.33. The molecule has 1 aromatic rings. The van der Waals surface area contributed by atoms with Gasteiger partial charge in [-0.2, -0.15) is 0 Å². The molecule has 0 aliphatic carbocycles.